The van der Waals surface area contributed by atoms with E-state index in [1.807, 2.05) is 11.8 Å². The van der Waals surface area contributed by atoms with Crippen molar-refractivity contribution >= 4 is 17.7 Å². The summed E-state index contributed by atoms with van der Waals surface area (Å²) >= 11 is 1.82. The molecule has 0 saturated carbocycles. The van der Waals surface area contributed by atoms with Gasteiger partial charge in [0.15, 0.2) is 0 Å². The minimum atomic E-state index is -0.504. The minimum Gasteiger partial charge on any atom is -0.370 e. The molecule has 0 aromatic rings. The van der Waals surface area contributed by atoms with Crippen LogP contribution in [-0.2, 0) is 9.53 Å². The Morgan fingerprint density at radius 2 is 2.29 bits per heavy atom. The maximum Gasteiger partial charge on any atom is 0.250 e. The molecule has 1 unspecified atom stereocenters. The summed E-state index contributed by atoms with van der Waals surface area (Å²) in [5.74, 6) is 1.03. The van der Waals surface area contributed by atoms with Gasteiger partial charge in [-0.05, 0) is 24.9 Å². The van der Waals surface area contributed by atoms with Gasteiger partial charge < -0.3 is 15.8 Å². The van der Waals surface area contributed by atoms with Gasteiger partial charge in [-0.3, -0.25) is 4.79 Å². The van der Waals surface area contributed by atoms with Crippen LogP contribution in [0.4, 0.5) is 0 Å². The summed E-state index contributed by atoms with van der Waals surface area (Å²) in [5.41, 5.74) is 5.35. The second kappa shape index (κ2) is 9.30. The Kier molecular flexibility index (Phi) is 9.13. The number of ether oxygens (including phenoxy) is 1. The number of rotatable bonds is 8. The Balaban J connectivity index is 3.43. The molecule has 0 saturated heterocycles. The fraction of sp³-hybridized carbons (Fsp3) is 0.889. The highest BCUT2D eigenvalue weighted by atomic mass is 32.2. The van der Waals surface area contributed by atoms with Gasteiger partial charge in [0.05, 0.1) is 0 Å². The molecule has 0 fully saturated rings. The van der Waals surface area contributed by atoms with Crippen molar-refractivity contribution in [1.29, 1.82) is 0 Å². The van der Waals surface area contributed by atoms with Crippen molar-refractivity contribution in [2.45, 2.75) is 18.9 Å². The lowest BCUT2D eigenvalue weighted by Crippen LogP contribution is -2.40. The molecule has 1 amide bonds. The van der Waals surface area contributed by atoms with Crippen molar-refractivity contribution in [2.75, 3.05) is 32.2 Å². The fourth-order valence-corrected chi connectivity index (χ4v) is 1.50. The van der Waals surface area contributed by atoms with Crippen LogP contribution in [0.25, 0.3) is 0 Å². The number of amides is 1. The molecular formula is C9H20N2O2S. The van der Waals surface area contributed by atoms with E-state index in [9.17, 15) is 4.79 Å². The average molecular weight is 220 g/mol. The molecule has 1 atom stereocenters. The van der Waals surface area contributed by atoms with Crippen molar-refractivity contribution < 1.29 is 9.53 Å². The van der Waals surface area contributed by atoms with Gasteiger partial charge in [-0.15, -0.1) is 0 Å². The summed E-state index contributed by atoms with van der Waals surface area (Å²) in [6.45, 7) is 0.937. The number of carbonyl (C=O) groups excluding carboxylic acids is 1. The summed E-state index contributed by atoms with van der Waals surface area (Å²) in [7, 11) is 1.49. The summed E-state index contributed by atoms with van der Waals surface area (Å²) in [5, 5.41) is 2.79. The Morgan fingerprint density at radius 1 is 1.57 bits per heavy atom. The summed E-state index contributed by atoms with van der Waals surface area (Å²) in [6.07, 6.45) is 3.71. The Morgan fingerprint density at radius 3 is 2.79 bits per heavy atom. The quantitative estimate of drug-likeness (QED) is 0.574. The molecule has 0 aliphatic heterocycles. The standard InChI is InChI=1S/C9H20N2O2S/c1-13-8(7-10)9(12)11-5-3-4-6-14-2/h8H,3-7,10H2,1-2H3,(H,11,12). The molecule has 5 heteroatoms. The van der Waals surface area contributed by atoms with Gasteiger partial charge in [0.25, 0.3) is 0 Å². The smallest absolute Gasteiger partial charge is 0.250 e. The van der Waals surface area contributed by atoms with E-state index in [1.165, 1.54) is 7.11 Å². The monoisotopic (exact) mass is 220 g/mol. The number of unbranched alkanes of at least 4 members (excludes halogenated alkanes) is 1. The third-order valence-corrected chi connectivity index (χ3v) is 2.56. The molecule has 0 aliphatic rings. The zero-order chi connectivity index (χ0) is 10.8. The molecule has 0 heterocycles. The largest absolute Gasteiger partial charge is 0.370 e. The maximum atomic E-state index is 11.3. The maximum absolute atomic E-state index is 11.3. The van der Waals surface area contributed by atoms with Gasteiger partial charge in [0, 0.05) is 20.2 Å². The molecule has 0 aliphatic carbocycles. The number of carbonyl (C=O) groups is 1. The van der Waals surface area contributed by atoms with Crippen LogP contribution in [0.5, 0.6) is 0 Å². The number of nitrogens with two attached hydrogens (primary N) is 1. The summed E-state index contributed by atoms with van der Waals surface area (Å²) < 4.78 is 4.90. The third kappa shape index (κ3) is 6.23. The van der Waals surface area contributed by atoms with Crippen molar-refractivity contribution in [1.82, 2.24) is 5.32 Å². The first-order valence-electron chi connectivity index (χ1n) is 4.75. The van der Waals surface area contributed by atoms with Crippen molar-refractivity contribution in [3.05, 3.63) is 0 Å². The molecule has 0 bridgehead atoms. The van der Waals surface area contributed by atoms with E-state index in [0.29, 0.717) is 6.54 Å². The van der Waals surface area contributed by atoms with Gasteiger partial charge in [-0.2, -0.15) is 11.8 Å². The van der Waals surface area contributed by atoms with Gasteiger partial charge >= 0.3 is 0 Å². The van der Waals surface area contributed by atoms with E-state index in [0.717, 1.165) is 18.6 Å². The molecule has 0 spiro atoms. The normalized spacial score (nSPS) is 12.5. The fourth-order valence-electron chi connectivity index (χ4n) is 1.01. The molecule has 0 aromatic heterocycles. The van der Waals surface area contributed by atoms with Crippen LogP contribution in [0, 0.1) is 0 Å². The highest BCUT2D eigenvalue weighted by molar-refractivity contribution is 7.98. The Bertz CT molecular complexity index is 152. The second-order valence-corrected chi connectivity index (χ2v) is 3.94. The van der Waals surface area contributed by atoms with Gasteiger partial charge in [0.1, 0.15) is 6.10 Å². The van der Waals surface area contributed by atoms with Gasteiger partial charge in [-0.25, -0.2) is 0 Å². The lowest BCUT2D eigenvalue weighted by Gasteiger charge is -2.12. The van der Waals surface area contributed by atoms with Crippen LogP contribution in [0.2, 0.25) is 0 Å². The van der Waals surface area contributed by atoms with Crippen molar-refractivity contribution in [2.24, 2.45) is 5.73 Å². The zero-order valence-corrected chi connectivity index (χ0v) is 9.73. The summed E-state index contributed by atoms with van der Waals surface area (Å²) in [6, 6.07) is 0. The van der Waals surface area contributed by atoms with Gasteiger partial charge in [-0.1, -0.05) is 0 Å². The molecule has 84 valence electrons. The first-order valence-corrected chi connectivity index (χ1v) is 6.15. The van der Waals surface area contributed by atoms with E-state index < -0.39 is 6.10 Å². The Hall–Kier alpha value is -0.260. The second-order valence-electron chi connectivity index (χ2n) is 2.95. The lowest BCUT2D eigenvalue weighted by molar-refractivity contribution is -0.130. The van der Waals surface area contributed by atoms with Crippen LogP contribution in [0.15, 0.2) is 0 Å². The van der Waals surface area contributed by atoms with E-state index >= 15 is 0 Å². The first kappa shape index (κ1) is 13.7. The zero-order valence-electron chi connectivity index (χ0n) is 8.91. The van der Waals surface area contributed by atoms with Crippen LogP contribution in [-0.4, -0.2) is 44.2 Å². The lowest BCUT2D eigenvalue weighted by atomic mass is 10.3. The Labute approximate surface area is 89.9 Å². The van der Waals surface area contributed by atoms with Gasteiger partial charge in [0.2, 0.25) is 5.91 Å². The molecule has 0 aromatic carbocycles. The molecule has 14 heavy (non-hydrogen) atoms. The topological polar surface area (TPSA) is 64.3 Å². The van der Waals surface area contributed by atoms with Crippen LogP contribution >= 0.6 is 11.8 Å². The predicted octanol–water partition coefficient (Wildman–Crippen LogP) is 0.220. The van der Waals surface area contributed by atoms with E-state index in [1.54, 1.807) is 0 Å². The third-order valence-electron chi connectivity index (χ3n) is 1.87. The molecular weight excluding hydrogens is 200 g/mol. The minimum absolute atomic E-state index is 0.112. The molecule has 3 N–H and O–H groups in total. The number of methoxy groups -OCH3 is 1. The van der Waals surface area contributed by atoms with Crippen LogP contribution in [0.3, 0.4) is 0 Å². The number of hydrogen-bond donors (Lipinski definition) is 2. The van der Waals surface area contributed by atoms with E-state index in [2.05, 4.69) is 11.6 Å². The average Bonchev–Trinajstić information content (AvgIpc) is 2.19. The van der Waals surface area contributed by atoms with Crippen molar-refractivity contribution in [3.8, 4) is 0 Å². The molecule has 4 nitrogen and oxygen atoms in total. The molecule has 0 radical (unpaired) electrons. The SMILES string of the molecule is COC(CN)C(=O)NCCCCSC. The highest BCUT2D eigenvalue weighted by Gasteiger charge is 2.14. The summed E-state index contributed by atoms with van der Waals surface area (Å²) in [4.78, 5) is 11.3. The van der Waals surface area contributed by atoms with Crippen LogP contribution < -0.4 is 11.1 Å². The first-order chi connectivity index (χ1) is 6.76. The number of hydrogen-bond acceptors (Lipinski definition) is 4. The van der Waals surface area contributed by atoms with Crippen LogP contribution in [0.1, 0.15) is 12.8 Å². The predicted molar refractivity (Wildman–Crippen MR) is 60.5 cm³/mol. The van der Waals surface area contributed by atoms with Crippen molar-refractivity contribution in [3.63, 3.8) is 0 Å². The van der Waals surface area contributed by atoms with E-state index in [-0.39, 0.29) is 12.5 Å². The highest BCUT2D eigenvalue weighted by Crippen LogP contribution is 1.98. The van der Waals surface area contributed by atoms with E-state index in [4.69, 9.17) is 10.5 Å². The number of thioether (sulfide) groups is 1. The molecule has 0 rings (SSSR count). The number of nitrogens with one attached hydrogen (secondary N) is 1.